The van der Waals surface area contributed by atoms with E-state index in [-0.39, 0.29) is 36.4 Å². The van der Waals surface area contributed by atoms with E-state index in [1.165, 1.54) is 24.3 Å². The van der Waals surface area contributed by atoms with Crippen LogP contribution in [-0.2, 0) is 0 Å². The van der Waals surface area contributed by atoms with E-state index in [0.29, 0.717) is 18.8 Å². The van der Waals surface area contributed by atoms with Crippen LogP contribution in [0, 0.1) is 5.82 Å². The van der Waals surface area contributed by atoms with Gasteiger partial charge >= 0.3 is 12.1 Å². The summed E-state index contributed by atoms with van der Waals surface area (Å²) >= 11 is 0. The fraction of sp³-hybridized carbons (Fsp3) is 0.364. The standard InChI is InChI=1S/C22H25FN4O3/c1-2-11-24-21(29)26-12-18-20(16-5-3-4-6-17(16)26)19(13-28)27(18)22(30)25-15-9-7-14(23)8-10-15/h3-10,18-20,28H,2,11-13H2,1H3,(H,24,29)(H,25,30)/t18-,19+,20+/m1/s1. The number of amides is 4. The molecule has 3 atom stereocenters. The molecule has 2 heterocycles. The van der Waals surface area contributed by atoms with Gasteiger partial charge in [0, 0.05) is 30.4 Å². The summed E-state index contributed by atoms with van der Waals surface area (Å²) in [6.07, 6.45) is 0.825. The minimum atomic E-state index is -0.391. The SMILES string of the molecule is CCCNC(=O)N1C[C@@H]2[C@H](c3ccccc31)[C@H](CO)N2C(=O)Nc1ccc(F)cc1. The topological polar surface area (TPSA) is 84.9 Å². The zero-order chi connectivity index (χ0) is 21.3. The summed E-state index contributed by atoms with van der Waals surface area (Å²) in [5.41, 5.74) is 2.23. The van der Waals surface area contributed by atoms with Crippen LogP contribution in [-0.4, -0.2) is 53.8 Å². The van der Waals surface area contributed by atoms with Crippen molar-refractivity contribution in [2.75, 3.05) is 29.9 Å². The summed E-state index contributed by atoms with van der Waals surface area (Å²) in [5, 5.41) is 15.7. The summed E-state index contributed by atoms with van der Waals surface area (Å²) < 4.78 is 13.1. The van der Waals surface area contributed by atoms with Crippen molar-refractivity contribution in [3.05, 3.63) is 59.9 Å². The lowest BCUT2D eigenvalue weighted by Crippen LogP contribution is -2.71. The van der Waals surface area contributed by atoms with Crippen LogP contribution < -0.4 is 15.5 Å². The normalized spacial score (nSPS) is 21.9. The number of fused-ring (bicyclic) bond motifs is 3. The number of benzene rings is 2. The van der Waals surface area contributed by atoms with Crippen LogP contribution in [0.5, 0.6) is 0 Å². The number of aliphatic hydroxyl groups is 1. The third kappa shape index (κ3) is 3.47. The molecule has 30 heavy (non-hydrogen) atoms. The highest BCUT2D eigenvalue weighted by atomic mass is 19.1. The van der Waals surface area contributed by atoms with Crippen molar-refractivity contribution in [3.63, 3.8) is 0 Å². The molecule has 2 aliphatic heterocycles. The molecule has 158 valence electrons. The molecule has 2 aromatic rings. The number of hydrogen-bond acceptors (Lipinski definition) is 3. The lowest BCUT2D eigenvalue weighted by atomic mass is 9.72. The van der Waals surface area contributed by atoms with E-state index in [0.717, 1.165) is 17.7 Å². The summed E-state index contributed by atoms with van der Waals surface area (Å²) in [4.78, 5) is 29.0. The van der Waals surface area contributed by atoms with Gasteiger partial charge in [0.05, 0.1) is 18.7 Å². The molecular weight excluding hydrogens is 387 g/mol. The third-order valence-corrected chi connectivity index (χ3v) is 5.79. The summed E-state index contributed by atoms with van der Waals surface area (Å²) in [5.74, 6) is -0.441. The molecule has 7 nitrogen and oxygen atoms in total. The minimum Gasteiger partial charge on any atom is -0.394 e. The van der Waals surface area contributed by atoms with Crippen LogP contribution >= 0.6 is 0 Å². The molecule has 0 spiro atoms. The van der Waals surface area contributed by atoms with Crippen LogP contribution in [0.25, 0.3) is 0 Å². The van der Waals surface area contributed by atoms with Crippen LogP contribution in [0.1, 0.15) is 24.8 Å². The number of nitrogens with zero attached hydrogens (tertiary/aromatic N) is 2. The van der Waals surface area contributed by atoms with Crippen LogP contribution in [0.4, 0.5) is 25.4 Å². The zero-order valence-electron chi connectivity index (χ0n) is 16.7. The van der Waals surface area contributed by atoms with E-state index in [1.807, 2.05) is 31.2 Å². The molecule has 3 N–H and O–H groups in total. The number of likely N-dealkylation sites (tertiary alicyclic amines) is 1. The van der Waals surface area contributed by atoms with E-state index >= 15 is 0 Å². The average Bonchev–Trinajstić information content (AvgIpc) is 2.74. The Morgan fingerprint density at radius 3 is 2.57 bits per heavy atom. The maximum atomic E-state index is 13.1. The molecule has 0 unspecified atom stereocenters. The second kappa shape index (κ2) is 8.31. The third-order valence-electron chi connectivity index (χ3n) is 5.79. The number of hydrogen-bond donors (Lipinski definition) is 3. The van der Waals surface area contributed by atoms with Crippen molar-refractivity contribution in [1.82, 2.24) is 10.2 Å². The fourth-order valence-electron chi connectivity index (χ4n) is 4.41. The van der Waals surface area contributed by atoms with Gasteiger partial charge in [0.2, 0.25) is 0 Å². The molecule has 1 saturated heterocycles. The van der Waals surface area contributed by atoms with Gasteiger partial charge in [-0.3, -0.25) is 4.90 Å². The van der Waals surface area contributed by atoms with E-state index in [4.69, 9.17) is 0 Å². The number of para-hydroxylation sites is 1. The highest BCUT2D eigenvalue weighted by molar-refractivity contribution is 5.95. The van der Waals surface area contributed by atoms with E-state index in [1.54, 1.807) is 9.80 Å². The smallest absolute Gasteiger partial charge is 0.322 e. The van der Waals surface area contributed by atoms with E-state index < -0.39 is 6.04 Å². The molecule has 0 bridgehead atoms. The molecule has 0 aliphatic carbocycles. The van der Waals surface area contributed by atoms with E-state index in [9.17, 15) is 19.1 Å². The molecule has 2 aliphatic rings. The Balaban J connectivity index is 1.59. The average molecular weight is 412 g/mol. The minimum absolute atomic E-state index is 0.0552. The largest absolute Gasteiger partial charge is 0.394 e. The molecule has 8 heteroatoms. The zero-order valence-corrected chi connectivity index (χ0v) is 16.7. The second-order valence-corrected chi connectivity index (χ2v) is 7.59. The Morgan fingerprint density at radius 1 is 1.13 bits per heavy atom. The molecular formula is C22H25FN4O3. The molecule has 4 rings (SSSR count). The van der Waals surface area contributed by atoms with Crippen molar-refractivity contribution < 1.29 is 19.1 Å². The summed E-state index contributed by atoms with van der Waals surface area (Å²) in [7, 11) is 0. The Hall–Kier alpha value is -3.13. The Labute approximate surface area is 174 Å². The van der Waals surface area contributed by atoms with Gasteiger partial charge in [0.1, 0.15) is 5.82 Å². The maximum Gasteiger partial charge on any atom is 0.322 e. The number of halogens is 1. The number of aliphatic hydroxyl groups excluding tert-OH is 1. The first-order chi connectivity index (χ1) is 14.5. The Morgan fingerprint density at radius 2 is 1.87 bits per heavy atom. The van der Waals surface area contributed by atoms with Gasteiger partial charge in [0.15, 0.2) is 0 Å². The fourth-order valence-corrected chi connectivity index (χ4v) is 4.41. The van der Waals surface area contributed by atoms with Crippen molar-refractivity contribution in [1.29, 1.82) is 0 Å². The number of urea groups is 2. The number of rotatable bonds is 4. The predicted molar refractivity (Wildman–Crippen MR) is 112 cm³/mol. The van der Waals surface area contributed by atoms with Gasteiger partial charge in [-0.05, 0) is 42.3 Å². The summed E-state index contributed by atoms with van der Waals surface area (Å²) in [6, 6.07) is 11.9. The molecule has 0 saturated carbocycles. The van der Waals surface area contributed by atoms with Crippen molar-refractivity contribution in [2.45, 2.75) is 31.3 Å². The molecule has 1 fully saturated rings. The van der Waals surface area contributed by atoms with Gasteiger partial charge < -0.3 is 20.6 Å². The van der Waals surface area contributed by atoms with Crippen LogP contribution in [0.15, 0.2) is 48.5 Å². The van der Waals surface area contributed by atoms with Gasteiger partial charge in [-0.25, -0.2) is 14.0 Å². The van der Waals surface area contributed by atoms with Gasteiger partial charge in [-0.1, -0.05) is 25.1 Å². The Bertz CT molecular complexity index is 936. The summed E-state index contributed by atoms with van der Waals surface area (Å²) in [6.45, 7) is 2.71. The first kappa shape index (κ1) is 20.2. The number of carbonyl (C=O) groups excluding carboxylic acids is 2. The molecule has 0 aromatic heterocycles. The first-order valence-electron chi connectivity index (χ1n) is 10.1. The predicted octanol–water partition coefficient (Wildman–Crippen LogP) is 3.13. The van der Waals surface area contributed by atoms with Gasteiger partial charge in [-0.2, -0.15) is 0 Å². The van der Waals surface area contributed by atoms with Gasteiger partial charge in [-0.15, -0.1) is 0 Å². The highest BCUT2D eigenvalue weighted by Gasteiger charge is 2.55. The second-order valence-electron chi connectivity index (χ2n) is 7.59. The Kier molecular flexibility index (Phi) is 5.59. The molecule has 2 aromatic carbocycles. The molecule has 4 amide bonds. The lowest BCUT2D eigenvalue weighted by molar-refractivity contribution is -0.00195. The number of nitrogens with one attached hydrogen (secondary N) is 2. The van der Waals surface area contributed by atoms with Crippen molar-refractivity contribution in [3.8, 4) is 0 Å². The quantitative estimate of drug-likeness (QED) is 0.721. The van der Waals surface area contributed by atoms with Gasteiger partial charge in [0.25, 0.3) is 0 Å². The van der Waals surface area contributed by atoms with E-state index in [2.05, 4.69) is 10.6 Å². The molecule has 0 radical (unpaired) electrons. The monoisotopic (exact) mass is 412 g/mol. The van der Waals surface area contributed by atoms with Crippen LogP contribution in [0.2, 0.25) is 0 Å². The first-order valence-corrected chi connectivity index (χ1v) is 10.1. The number of anilines is 2. The van der Waals surface area contributed by atoms with Crippen molar-refractivity contribution >= 4 is 23.4 Å². The maximum absolute atomic E-state index is 13.1. The lowest BCUT2D eigenvalue weighted by Gasteiger charge is -2.58. The highest BCUT2D eigenvalue weighted by Crippen LogP contribution is 2.48. The van der Waals surface area contributed by atoms with Crippen molar-refractivity contribution in [2.24, 2.45) is 0 Å². The van der Waals surface area contributed by atoms with Crippen LogP contribution in [0.3, 0.4) is 0 Å². The number of carbonyl (C=O) groups is 2.